The average molecular weight is 522 g/mol. The Morgan fingerprint density at radius 3 is 2.11 bits per heavy atom. The molecule has 0 saturated heterocycles. The molecule has 206 valence electrons. The molecule has 7 nitrogen and oxygen atoms in total. The number of aromatic nitrogens is 3. The van der Waals surface area contributed by atoms with Gasteiger partial charge in [0.25, 0.3) is 0 Å². The van der Waals surface area contributed by atoms with E-state index >= 15 is 0 Å². The third-order valence-corrected chi connectivity index (χ3v) is 6.47. The normalized spacial score (nSPS) is 12.0. The molecule has 0 radical (unpaired) electrons. The number of aliphatic hydroxyl groups is 1. The highest BCUT2D eigenvalue weighted by molar-refractivity contribution is 5.68. The lowest BCUT2D eigenvalue weighted by Gasteiger charge is -2.14. The van der Waals surface area contributed by atoms with Crippen LogP contribution in [0.5, 0.6) is 11.5 Å². The third-order valence-electron chi connectivity index (χ3n) is 6.47. The topological polar surface area (TPSA) is 97.6 Å². The van der Waals surface area contributed by atoms with Crippen molar-refractivity contribution in [3.63, 3.8) is 0 Å². The van der Waals surface area contributed by atoms with Crippen LogP contribution in [-0.2, 0) is 4.74 Å². The van der Waals surface area contributed by atoms with E-state index in [1.807, 2.05) is 32.9 Å². The Kier molecular flexibility index (Phi) is 12.0. The maximum absolute atomic E-state index is 10.7. The van der Waals surface area contributed by atoms with E-state index < -0.39 is 6.10 Å². The van der Waals surface area contributed by atoms with Crippen molar-refractivity contribution in [3.05, 3.63) is 53.3 Å². The molecule has 1 heterocycles. The van der Waals surface area contributed by atoms with Gasteiger partial charge < -0.3 is 19.7 Å². The number of rotatable bonds is 16. The fourth-order valence-electron chi connectivity index (χ4n) is 4.38. The summed E-state index contributed by atoms with van der Waals surface area (Å²) in [4.78, 5) is 13.6. The predicted octanol–water partition coefficient (Wildman–Crippen LogP) is 6.73. The maximum atomic E-state index is 10.7. The van der Waals surface area contributed by atoms with Gasteiger partial charge in [0.2, 0.25) is 0 Å². The second-order valence-corrected chi connectivity index (χ2v) is 10.0. The summed E-state index contributed by atoms with van der Waals surface area (Å²) in [5.41, 5.74) is 3.67. The van der Waals surface area contributed by atoms with Crippen molar-refractivity contribution in [2.75, 3.05) is 19.8 Å². The molecule has 0 amide bonds. The number of hydrogen-bond donors (Lipinski definition) is 2. The molecule has 1 atom stereocenters. The predicted molar refractivity (Wildman–Crippen MR) is 152 cm³/mol. The minimum atomic E-state index is -0.739. The lowest BCUT2D eigenvalue weighted by atomic mass is 10.1. The Morgan fingerprint density at radius 2 is 1.42 bits per heavy atom. The van der Waals surface area contributed by atoms with Crippen LogP contribution < -0.4 is 4.74 Å². The van der Waals surface area contributed by atoms with E-state index in [0.717, 1.165) is 24.0 Å². The number of unbranched alkanes of at least 4 members (excludes halogenated alkanes) is 7. The van der Waals surface area contributed by atoms with Crippen LogP contribution in [-0.4, -0.2) is 51.1 Å². The van der Waals surface area contributed by atoms with Crippen molar-refractivity contribution in [2.45, 2.75) is 85.2 Å². The lowest BCUT2D eigenvalue weighted by Crippen LogP contribution is -2.23. The first-order valence-electron chi connectivity index (χ1n) is 13.9. The van der Waals surface area contributed by atoms with Crippen molar-refractivity contribution in [1.82, 2.24) is 15.0 Å². The zero-order valence-electron chi connectivity index (χ0n) is 23.4. The molecule has 0 bridgehead atoms. The van der Waals surface area contributed by atoms with Gasteiger partial charge >= 0.3 is 0 Å². The Hall–Kier alpha value is -3.03. The van der Waals surface area contributed by atoms with Crippen LogP contribution in [0.4, 0.5) is 0 Å². The van der Waals surface area contributed by atoms with Crippen molar-refractivity contribution in [1.29, 1.82) is 0 Å². The van der Waals surface area contributed by atoms with E-state index in [1.54, 1.807) is 12.1 Å². The fraction of sp³-hybridized carbons (Fsp3) is 0.516. The van der Waals surface area contributed by atoms with Gasteiger partial charge in [-0.1, -0.05) is 75.6 Å². The van der Waals surface area contributed by atoms with Gasteiger partial charge in [0.15, 0.2) is 11.6 Å². The van der Waals surface area contributed by atoms with E-state index in [0.29, 0.717) is 35.4 Å². The summed E-state index contributed by atoms with van der Waals surface area (Å²) in [6.45, 7) is 9.08. The largest absolute Gasteiger partial charge is 0.507 e. The van der Waals surface area contributed by atoms with Gasteiger partial charge in [0.1, 0.15) is 30.0 Å². The number of phenols is 1. The number of aromatic hydroxyl groups is 1. The molecular weight excluding hydrogens is 478 g/mol. The number of benzene rings is 2. The Bertz CT molecular complexity index is 1150. The first-order valence-corrected chi connectivity index (χ1v) is 13.9. The molecule has 0 aliphatic rings. The summed E-state index contributed by atoms with van der Waals surface area (Å²) in [7, 11) is 0. The fourth-order valence-corrected chi connectivity index (χ4v) is 4.38. The van der Waals surface area contributed by atoms with E-state index in [1.165, 1.54) is 50.2 Å². The number of nitrogens with zero attached hydrogens (tertiary/aromatic N) is 3. The van der Waals surface area contributed by atoms with E-state index in [-0.39, 0.29) is 19.0 Å². The highest BCUT2D eigenvalue weighted by atomic mass is 16.5. The van der Waals surface area contributed by atoms with Gasteiger partial charge in [-0.3, -0.25) is 0 Å². The van der Waals surface area contributed by atoms with Crippen LogP contribution in [0.1, 0.15) is 75.2 Å². The van der Waals surface area contributed by atoms with Crippen molar-refractivity contribution >= 4 is 0 Å². The second-order valence-electron chi connectivity index (χ2n) is 10.0. The van der Waals surface area contributed by atoms with Gasteiger partial charge in [-0.15, -0.1) is 0 Å². The van der Waals surface area contributed by atoms with Crippen molar-refractivity contribution in [3.8, 4) is 34.3 Å². The van der Waals surface area contributed by atoms with Gasteiger partial charge in [-0.25, -0.2) is 15.0 Å². The number of hydrogen-bond acceptors (Lipinski definition) is 7. The van der Waals surface area contributed by atoms with Gasteiger partial charge in [-0.05, 0) is 44.9 Å². The number of aryl methyl sites for hydroxylation is 3. The molecule has 38 heavy (non-hydrogen) atoms. The van der Waals surface area contributed by atoms with E-state index in [4.69, 9.17) is 9.47 Å². The molecule has 3 rings (SSSR count). The van der Waals surface area contributed by atoms with Crippen LogP contribution in [0.3, 0.4) is 0 Å². The molecule has 7 heteroatoms. The highest BCUT2D eigenvalue weighted by Gasteiger charge is 2.15. The number of aliphatic hydroxyl groups excluding tert-OH is 1. The molecule has 3 aromatic rings. The molecule has 2 aromatic carbocycles. The minimum absolute atomic E-state index is 0.000104. The lowest BCUT2D eigenvalue weighted by molar-refractivity contribution is 0.0109. The SMILES string of the molecule is CCCCCCCCCCOCC(O)COc1ccc(-c2nc(C)nc(-c3ccc(C)cc3C)n2)c(O)c1. The summed E-state index contributed by atoms with van der Waals surface area (Å²) < 4.78 is 11.3. The molecule has 1 aromatic heterocycles. The number of ether oxygens (including phenoxy) is 2. The standard InChI is InChI=1S/C31H43N3O4/c1-5-6-7-8-9-10-11-12-17-37-20-25(35)21-38-26-14-16-28(29(36)19-26)31-33-24(4)32-30(34-31)27-15-13-22(2)18-23(27)3/h13-16,18-19,25,35-36H,5-12,17,20-21H2,1-4H3. The summed E-state index contributed by atoms with van der Waals surface area (Å²) >= 11 is 0. The Labute approximate surface area is 227 Å². The maximum Gasteiger partial charge on any atom is 0.167 e. The molecule has 0 fully saturated rings. The molecule has 2 N–H and O–H groups in total. The quantitative estimate of drug-likeness (QED) is 0.202. The zero-order valence-corrected chi connectivity index (χ0v) is 23.4. The summed E-state index contributed by atoms with van der Waals surface area (Å²) in [5, 5.41) is 20.9. The van der Waals surface area contributed by atoms with Gasteiger partial charge in [0, 0.05) is 18.2 Å². The van der Waals surface area contributed by atoms with Crippen LogP contribution in [0.2, 0.25) is 0 Å². The van der Waals surface area contributed by atoms with Crippen LogP contribution in [0.15, 0.2) is 36.4 Å². The highest BCUT2D eigenvalue weighted by Crippen LogP contribution is 2.32. The summed E-state index contributed by atoms with van der Waals surface area (Å²) in [6, 6.07) is 11.1. The number of phenolic OH excluding ortho intramolecular Hbond substituents is 1. The molecule has 1 unspecified atom stereocenters. The van der Waals surface area contributed by atoms with Crippen molar-refractivity contribution < 1.29 is 19.7 Å². The third kappa shape index (κ3) is 9.37. The molecule has 0 aliphatic heterocycles. The van der Waals surface area contributed by atoms with Crippen LogP contribution in [0.25, 0.3) is 22.8 Å². The van der Waals surface area contributed by atoms with Crippen molar-refractivity contribution in [2.24, 2.45) is 0 Å². The first-order chi connectivity index (χ1) is 18.4. The summed E-state index contributed by atoms with van der Waals surface area (Å²) in [6.07, 6.45) is 9.25. The summed E-state index contributed by atoms with van der Waals surface area (Å²) in [5.74, 6) is 1.99. The monoisotopic (exact) mass is 521 g/mol. The zero-order chi connectivity index (χ0) is 27.3. The second kappa shape index (κ2) is 15.4. The van der Waals surface area contributed by atoms with Crippen LogP contribution >= 0.6 is 0 Å². The Balaban J connectivity index is 1.47. The smallest absolute Gasteiger partial charge is 0.167 e. The molecular formula is C31H43N3O4. The van der Waals surface area contributed by atoms with Crippen LogP contribution in [0, 0.1) is 20.8 Å². The molecule has 0 aliphatic carbocycles. The van der Waals surface area contributed by atoms with E-state index in [9.17, 15) is 10.2 Å². The molecule has 0 spiro atoms. The van der Waals surface area contributed by atoms with Gasteiger partial charge in [0.05, 0.1) is 12.2 Å². The molecule has 0 saturated carbocycles. The minimum Gasteiger partial charge on any atom is -0.507 e. The van der Waals surface area contributed by atoms with E-state index in [2.05, 4.69) is 27.9 Å². The van der Waals surface area contributed by atoms with Gasteiger partial charge in [-0.2, -0.15) is 0 Å². The average Bonchev–Trinajstić information content (AvgIpc) is 2.88. The Morgan fingerprint density at radius 1 is 0.763 bits per heavy atom. The first kappa shape index (κ1) is 29.5.